The molecule has 0 unspecified atom stereocenters. The number of benzene rings is 2. The van der Waals surface area contributed by atoms with Crippen LogP contribution < -0.4 is 10.1 Å². The van der Waals surface area contributed by atoms with Crippen LogP contribution in [0.3, 0.4) is 0 Å². The van der Waals surface area contributed by atoms with Gasteiger partial charge >= 0.3 is 12.0 Å². The van der Waals surface area contributed by atoms with Crippen LogP contribution in [0.4, 0.5) is 14.6 Å². The van der Waals surface area contributed by atoms with Crippen molar-refractivity contribution in [3.8, 4) is 17.0 Å². The van der Waals surface area contributed by atoms with E-state index in [1.54, 1.807) is 43.5 Å². The second kappa shape index (κ2) is 9.23. The average molecular weight is 452 g/mol. The van der Waals surface area contributed by atoms with Crippen LogP contribution in [0, 0.1) is 18.8 Å². The van der Waals surface area contributed by atoms with Crippen LogP contribution in [0.25, 0.3) is 22.2 Å². The molecule has 0 amide bonds. The number of methoxy groups -OCH3 is 2. The smallest absolute Gasteiger partial charge is 0.337 e. The molecule has 2 heterocycles. The van der Waals surface area contributed by atoms with E-state index in [2.05, 4.69) is 20.0 Å². The fraction of sp³-hybridized carbons (Fsp3) is 0.208. The second-order valence-corrected chi connectivity index (χ2v) is 7.35. The Balaban J connectivity index is 1.53. The number of esters is 1. The van der Waals surface area contributed by atoms with Gasteiger partial charge in [-0.3, -0.25) is 0 Å². The molecule has 2 aromatic carbocycles. The van der Waals surface area contributed by atoms with Crippen molar-refractivity contribution in [1.29, 1.82) is 0 Å². The van der Waals surface area contributed by atoms with Gasteiger partial charge in [-0.1, -0.05) is 12.1 Å². The van der Waals surface area contributed by atoms with Gasteiger partial charge in [-0.15, -0.1) is 0 Å². The highest BCUT2D eigenvalue weighted by atomic mass is 19.1. The molecule has 0 saturated carbocycles. The minimum atomic E-state index is -0.884. The topological polar surface area (TPSA) is 78.3 Å². The van der Waals surface area contributed by atoms with E-state index in [0.29, 0.717) is 52.4 Å². The zero-order valence-electron chi connectivity index (χ0n) is 18.4. The predicted octanol–water partition coefficient (Wildman–Crippen LogP) is 4.59. The summed E-state index contributed by atoms with van der Waals surface area (Å²) in [5, 5.41) is 3.77. The van der Waals surface area contributed by atoms with Gasteiger partial charge in [0.15, 0.2) is 0 Å². The predicted molar refractivity (Wildman–Crippen MR) is 120 cm³/mol. The van der Waals surface area contributed by atoms with Crippen molar-refractivity contribution in [1.82, 2.24) is 14.5 Å². The quantitative estimate of drug-likeness (QED) is 0.326. The van der Waals surface area contributed by atoms with Gasteiger partial charge in [-0.25, -0.2) is 14.2 Å². The van der Waals surface area contributed by atoms with Gasteiger partial charge in [0.1, 0.15) is 17.4 Å². The standard InChI is InChI=1S/C24H22F2N4O3/c1-14-12-17-20(32-2)9-8-18(25)22(17)30(14)11-10-27-21-13-19(28-24(26)29-21)15-4-6-16(7-5-15)23(31)33-3/h4-9,12-13H,10-11H2,1-3H3,(H,27,28,29). The Morgan fingerprint density at radius 3 is 2.52 bits per heavy atom. The van der Waals surface area contributed by atoms with Crippen LogP contribution in [0.5, 0.6) is 5.75 Å². The van der Waals surface area contributed by atoms with Crippen molar-refractivity contribution in [2.45, 2.75) is 13.5 Å². The number of carbonyl (C=O) groups excluding carboxylic acids is 1. The van der Waals surface area contributed by atoms with Gasteiger partial charge in [-0.2, -0.15) is 9.37 Å². The van der Waals surface area contributed by atoms with Crippen molar-refractivity contribution >= 4 is 22.7 Å². The summed E-state index contributed by atoms with van der Waals surface area (Å²) in [6.07, 6.45) is -0.884. The van der Waals surface area contributed by atoms with Gasteiger partial charge in [-0.05, 0) is 37.3 Å². The first-order valence-electron chi connectivity index (χ1n) is 10.2. The molecule has 0 saturated heterocycles. The highest BCUT2D eigenvalue weighted by molar-refractivity contribution is 5.90. The SMILES string of the molecule is COC(=O)c1ccc(-c2cc(NCCn3c(C)cc4c(OC)ccc(F)c43)nc(F)n2)cc1. The lowest BCUT2D eigenvalue weighted by Gasteiger charge is -2.12. The lowest BCUT2D eigenvalue weighted by molar-refractivity contribution is 0.0600. The highest BCUT2D eigenvalue weighted by Crippen LogP contribution is 2.31. The summed E-state index contributed by atoms with van der Waals surface area (Å²) >= 11 is 0. The van der Waals surface area contributed by atoms with E-state index in [1.165, 1.54) is 13.2 Å². The van der Waals surface area contributed by atoms with Gasteiger partial charge in [0.25, 0.3) is 0 Å². The van der Waals surface area contributed by atoms with Gasteiger partial charge < -0.3 is 19.4 Å². The van der Waals surface area contributed by atoms with Gasteiger partial charge in [0.05, 0.1) is 31.0 Å². The molecule has 0 atom stereocenters. The summed E-state index contributed by atoms with van der Waals surface area (Å²) in [6, 6.07) is 12.9. The minimum absolute atomic E-state index is 0.293. The largest absolute Gasteiger partial charge is 0.496 e. The molecule has 0 spiro atoms. The monoisotopic (exact) mass is 452 g/mol. The Morgan fingerprint density at radius 2 is 1.82 bits per heavy atom. The summed E-state index contributed by atoms with van der Waals surface area (Å²) in [5.74, 6) is 0.0907. The van der Waals surface area contributed by atoms with Crippen molar-refractivity contribution in [3.05, 3.63) is 71.7 Å². The molecular weight excluding hydrogens is 430 g/mol. The maximum absolute atomic E-state index is 14.5. The zero-order valence-corrected chi connectivity index (χ0v) is 18.4. The number of fused-ring (bicyclic) bond motifs is 1. The molecule has 33 heavy (non-hydrogen) atoms. The van der Waals surface area contributed by atoms with Crippen LogP contribution >= 0.6 is 0 Å². The van der Waals surface area contributed by atoms with Crippen molar-refractivity contribution in [2.75, 3.05) is 26.1 Å². The molecule has 1 N–H and O–H groups in total. The molecule has 0 fully saturated rings. The maximum atomic E-state index is 14.5. The molecular formula is C24H22F2N4O3. The first-order valence-corrected chi connectivity index (χ1v) is 10.2. The van der Waals surface area contributed by atoms with Crippen LogP contribution in [0.2, 0.25) is 0 Å². The molecule has 4 rings (SSSR count). The Labute approximate surface area is 189 Å². The Morgan fingerprint density at radius 1 is 1.06 bits per heavy atom. The molecule has 4 aromatic rings. The van der Waals surface area contributed by atoms with E-state index in [-0.39, 0.29) is 5.82 Å². The normalized spacial score (nSPS) is 10.9. The summed E-state index contributed by atoms with van der Waals surface area (Å²) in [6.45, 7) is 2.69. The Bertz CT molecular complexity index is 1320. The van der Waals surface area contributed by atoms with E-state index in [1.807, 2.05) is 17.6 Å². The number of nitrogens with zero attached hydrogens (tertiary/aromatic N) is 3. The summed E-state index contributed by atoms with van der Waals surface area (Å²) in [4.78, 5) is 19.2. The number of halogens is 2. The third kappa shape index (κ3) is 4.48. The van der Waals surface area contributed by atoms with Crippen molar-refractivity contribution < 1.29 is 23.0 Å². The third-order valence-electron chi connectivity index (χ3n) is 5.34. The second-order valence-electron chi connectivity index (χ2n) is 7.35. The molecule has 0 aliphatic carbocycles. The van der Waals surface area contributed by atoms with E-state index < -0.39 is 12.0 Å². The zero-order chi connectivity index (χ0) is 23.5. The number of aromatic nitrogens is 3. The number of ether oxygens (including phenoxy) is 2. The van der Waals surface area contributed by atoms with Crippen molar-refractivity contribution in [2.24, 2.45) is 0 Å². The molecule has 0 aliphatic heterocycles. The van der Waals surface area contributed by atoms with Crippen LogP contribution in [-0.4, -0.2) is 41.3 Å². The summed E-state index contributed by atoms with van der Waals surface area (Å²) in [5.41, 5.74) is 2.69. The number of rotatable bonds is 7. The number of anilines is 1. The first kappa shape index (κ1) is 22.2. The Hall–Kier alpha value is -4.01. The van der Waals surface area contributed by atoms with Crippen LogP contribution in [-0.2, 0) is 11.3 Å². The first-order chi connectivity index (χ1) is 15.9. The van der Waals surface area contributed by atoms with Crippen LogP contribution in [0.1, 0.15) is 16.1 Å². The van der Waals surface area contributed by atoms with Gasteiger partial charge in [0, 0.05) is 35.8 Å². The van der Waals surface area contributed by atoms with Gasteiger partial charge in [0.2, 0.25) is 0 Å². The van der Waals surface area contributed by atoms with Crippen molar-refractivity contribution in [3.63, 3.8) is 0 Å². The molecule has 0 aliphatic rings. The number of hydrogen-bond donors (Lipinski definition) is 1. The lowest BCUT2D eigenvalue weighted by Crippen LogP contribution is -2.13. The summed E-state index contributed by atoms with van der Waals surface area (Å²) in [7, 11) is 2.85. The Kier molecular flexibility index (Phi) is 6.21. The number of nitrogens with one attached hydrogen (secondary N) is 1. The van der Waals surface area contributed by atoms with Crippen LogP contribution in [0.15, 0.2) is 48.5 Å². The number of aryl methyl sites for hydroxylation is 1. The molecule has 170 valence electrons. The molecule has 9 heteroatoms. The molecule has 0 radical (unpaired) electrons. The van der Waals surface area contributed by atoms with E-state index >= 15 is 0 Å². The lowest BCUT2D eigenvalue weighted by atomic mass is 10.1. The highest BCUT2D eigenvalue weighted by Gasteiger charge is 2.14. The molecule has 7 nitrogen and oxygen atoms in total. The molecule has 2 aromatic heterocycles. The third-order valence-corrected chi connectivity index (χ3v) is 5.34. The fourth-order valence-electron chi connectivity index (χ4n) is 3.75. The molecule has 0 bridgehead atoms. The van der Waals surface area contributed by atoms with E-state index in [4.69, 9.17) is 4.74 Å². The number of carbonyl (C=O) groups is 1. The van der Waals surface area contributed by atoms with E-state index in [0.717, 1.165) is 5.69 Å². The minimum Gasteiger partial charge on any atom is -0.496 e. The van der Waals surface area contributed by atoms with E-state index in [9.17, 15) is 13.6 Å². The maximum Gasteiger partial charge on any atom is 0.337 e. The average Bonchev–Trinajstić information content (AvgIpc) is 3.15. The fourth-order valence-corrected chi connectivity index (χ4v) is 3.75. The number of hydrogen-bond acceptors (Lipinski definition) is 6. The summed E-state index contributed by atoms with van der Waals surface area (Å²) < 4.78 is 40.5.